The zero-order chi connectivity index (χ0) is 17.4. The van der Waals surface area contributed by atoms with E-state index in [1.807, 2.05) is 12.1 Å². The third-order valence-corrected chi connectivity index (χ3v) is 4.54. The first-order valence-electron chi connectivity index (χ1n) is 7.88. The molecule has 0 amide bonds. The molecule has 0 bridgehead atoms. The molecule has 1 saturated heterocycles. The maximum atomic E-state index is 12.3. The third-order valence-electron chi connectivity index (χ3n) is 4.54. The lowest BCUT2D eigenvalue weighted by Crippen LogP contribution is -2.56. The smallest absolute Gasteiger partial charge is 0.330 e. The fourth-order valence-corrected chi connectivity index (χ4v) is 2.82. The molecule has 7 nitrogen and oxygen atoms in total. The summed E-state index contributed by atoms with van der Waals surface area (Å²) in [6, 6.07) is 3.74. The van der Waals surface area contributed by atoms with Crippen LogP contribution in [0.15, 0.2) is 26.1 Å². The maximum Gasteiger partial charge on any atom is 0.330 e. The van der Waals surface area contributed by atoms with Crippen molar-refractivity contribution in [1.82, 2.24) is 14.0 Å². The van der Waals surface area contributed by atoms with E-state index in [0.717, 1.165) is 36.6 Å². The minimum atomic E-state index is -0.389. The quantitative estimate of drug-likeness (QED) is 0.683. The standard InChI is InChI=1S/C17H22N4O3/c1-12-14(16(22)20(4)17(23)19(12)3)11-13-5-6-15(24-13)21-9-7-18(2)8-10-21/h5-6,11H,1,7-10H2,2-4H3/b14-11-. The summed E-state index contributed by atoms with van der Waals surface area (Å²) in [5.74, 6) is 1.37. The number of nitrogens with zero attached hydrogens (tertiary/aromatic N) is 4. The van der Waals surface area contributed by atoms with Gasteiger partial charge >= 0.3 is 5.69 Å². The van der Waals surface area contributed by atoms with Gasteiger partial charge < -0.3 is 14.2 Å². The van der Waals surface area contributed by atoms with Crippen LogP contribution >= 0.6 is 0 Å². The summed E-state index contributed by atoms with van der Waals surface area (Å²) in [4.78, 5) is 28.7. The number of hydrogen-bond donors (Lipinski definition) is 0. The first kappa shape index (κ1) is 16.3. The Hall–Kier alpha value is -2.54. The highest BCUT2D eigenvalue weighted by atomic mass is 16.4. The van der Waals surface area contributed by atoms with Crippen molar-refractivity contribution in [3.63, 3.8) is 0 Å². The van der Waals surface area contributed by atoms with E-state index >= 15 is 0 Å². The first-order valence-corrected chi connectivity index (χ1v) is 7.88. The van der Waals surface area contributed by atoms with Gasteiger partial charge in [0.25, 0.3) is 5.56 Å². The van der Waals surface area contributed by atoms with E-state index in [9.17, 15) is 9.59 Å². The van der Waals surface area contributed by atoms with Crippen LogP contribution < -0.4 is 26.7 Å². The van der Waals surface area contributed by atoms with Crippen LogP contribution in [-0.2, 0) is 14.1 Å². The molecule has 7 heteroatoms. The highest BCUT2D eigenvalue weighted by Crippen LogP contribution is 2.20. The average molecular weight is 330 g/mol. The number of likely N-dealkylation sites (N-methyl/N-ethyl adjacent to an activating group) is 1. The zero-order valence-corrected chi connectivity index (χ0v) is 14.3. The molecule has 1 fully saturated rings. The Kier molecular flexibility index (Phi) is 4.19. The molecule has 0 radical (unpaired) electrons. The summed E-state index contributed by atoms with van der Waals surface area (Å²) < 4.78 is 8.30. The number of rotatable bonds is 2. The van der Waals surface area contributed by atoms with Gasteiger partial charge in [0, 0.05) is 46.3 Å². The number of piperazine rings is 1. The van der Waals surface area contributed by atoms with Gasteiger partial charge in [0.1, 0.15) is 5.76 Å². The molecule has 3 heterocycles. The first-order chi connectivity index (χ1) is 11.4. The fraction of sp³-hybridized carbons (Fsp3) is 0.412. The van der Waals surface area contributed by atoms with Crippen LogP contribution in [0.1, 0.15) is 5.76 Å². The molecule has 0 spiro atoms. The van der Waals surface area contributed by atoms with Gasteiger partial charge in [0.05, 0.1) is 10.6 Å². The van der Waals surface area contributed by atoms with Gasteiger partial charge in [-0.3, -0.25) is 13.9 Å². The Morgan fingerprint density at radius 3 is 2.38 bits per heavy atom. The van der Waals surface area contributed by atoms with Gasteiger partial charge in [-0.15, -0.1) is 0 Å². The van der Waals surface area contributed by atoms with Gasteiger partial charge in [-0.05, 0) is 19.2 Å². The molecule has 2 aromatic heterocycles. The Morgan fingerprint density at radius 2 is 1.71 bits per heavy atom. The summed E-state index contributed by atoms with van der Waals surface area (Å²) in [5.41, 5.74) is -0.764. The van der Waals surface area contributed by atoms with E-state index in [4.69, 9.17) is 4.42 Å². The van der Waals surface area contributed by atoms with Gasteiger partial charge in [-0.25, -0.2) is 4.79 Å². The van der Waals surface area contributed by atoms with Crippen molar-refractivity contribution < 1.29 is 4.42 Å². The Bertz CT molecular complexity index is 931. The van der Waals surface area contributed by atoms with Gasteiger partial charge in [0.2, 0.25) is 0 Å². The minimum Gasteiger partial charge on any atom is -0.441 e. The molecule has 0 saturated carbocycles. The fourth-order valence-electron chi connectivity index (χ4n) is 2.82. The summed E-state index contributed by atoms with van der Waals surface area (Å²) in [6.07, 6.45) is 1.64. The van der Waals surface area contributed by atoms with E-state index in [1.165, 1.54) is 11.6 Å². The van der Waals surface area contributed by atoms with Gasteiger partial charge in [-0.1, -0.05) is 6.58 Å². The molecule has 2 aromatic rings. The predicted octanol–water partition coefficient (Wildman–Crippen LogP) is -1.33. The Balaban J connectivity index is 2.01. The maximum absolute atomic E-state index is 12.3. The Morgan fingerprint density at radius 1 is 1.04 bits per heavy atom. The summed E-state index contributed by atoms with van der Waals surface area (Å²) in [6.45, 7) is 7.64. The van der Waals surface area contributed by atoms with Crippen molar-refractivity contribution in [1.29, 1.82) is 0 Å². The van der Waals surface area contributed by atoms with E-state index < -0.39 is 0 Å². The highest BCUT2D eigenvalue weighted by molar-refractivity contribution is 5.48. The molecular weight excluding hydrogens is 308 g/mol. The molecule has 128 valence electrons. The largest absolute Gasteiger partial charge is 0.441 e. The molecule has 0 N–H and O–H groups in total. The molecule has 0 aromatic carbocycles. The van der Waals surface area contributed by atoms with Crippen LogP contribution in [0.3, 0.4) is 0 Å². The molecule has 3 rings (SSSR count). The zero-order valence-electron chi connectivity index (χ0n) is 14.3. The van der Waals surface area contributed by atoms with Gasteiger partial charge in [-0.2, -0.15) is 0 Å². The second-order valence-electron chi connectivity index (χ2n) is 6.18. The van der Waals surface area contributed by atoms with Crippen LogP contribution in [-0.4, -0.2) is 47.3 Å². The van der Waals surface area contributed by atoms with Crippen molar-refractivity contribution in [2.24, 2.45) is 14.1 Å². The van der Waals surface area contributed by atoms with Crippen LogP contribution in [0, 0.1) is 0 Å². The van der Waals surface area contributed by atoms with E-state index in [0.29, 0.717) is 16.3 Å². The molecule has 0 atom stereocenters. The second-order valence-corrected chi connectivity index (χ2v) is 6.18. The molecular formula is C17H22N4O3. The number of aromatic nitrogens is 2. The van der Waals surface area contributed by atoms with Crippen molar-refractivity contribution in [3.05, 3.63) is 49.3 Å². The van der Waals surface area contributed by atoms with Crippen molar-refractivity contribution in [2.75, 3.05) is 38.1 Å². The molecule has 24 heavy (non-hydrogen) atoms. The lowest BCUT2D eigenvalue weighted by atomic mass is 10.3. The summed E-state index contributed by atoms with van der Waals surface area (Å²) in [7, 11) is 5.16. The third kappa shape index (κ3) is 2.82. The van der Waals surface area contributed by atoms with E-state index in [2.05, 4.69) is 23.4 Å². The van der Waals surface area contributed by atoms with E-state index in [1.54, 1.807) is 13.1 Å². The number of anilines is 1. The topological polar surface area (TPSA) is 63.6 Å². The number of hydrogen-bond acceptors (Lipinski definition) is 5. The molecule has 0 unspecified atom stereocenters. The number of furan rings is 1. The predicted molar refractivity (Wildman–Crippen MR) is 93.7 cm³/mol. The van der Waals surface area contributed by atoms with Crippen LogP contribution in [0.4, 0.5) is 5.88 Å². The monoisotopic (exact) mass is 330 g/mol. The van der Waals surface area contributed by atoms with Crippen molar-refractivity contribution >= 4 is 18.5 Å². The Labute approximate surface area is 139 Å². The normalized spacial score (nSPS) is 16.8. The second kappa shape index (κ2) is 6.16. The average Bonchev–Trinajstić information content (AvgIpc) is 3.04. The summed E-state index contributed by atoms with van der Waals surface area (Å²) >= 11 is 0. The minimum absolute atomic E-state index is 0.360. The SMILES string of the molecule is C=c1/c(=C/c2ccc(N3CCN(C)CC3)o2)c(=O)n(C)c(=O)n1C. The van der Waals surface area contributed by atoms with Crippen molar-refractivity contribution in [2.45, 2.75) is 0 Å². The lowest BCUT2D eigenvalue weighted by Gasteiger charge is -2.32. The van der Waals surface area contributed by atoms with Crippen LogP contribution in [0.2, 0.25) is 0 Å². The highest BCUT2D eigenvalue weighted by Gasteiger charge is 2.16. The molecule has 0 aliphatic carbocycles. The lowest BCUT2D eigenvalue weighted by molar-refractivity contribution is 0.306. The van der Waals surface area contributed by atoms with Crippen LogP contribution in [0.25, 0.3) is 12.7 Å². The molecule has 1 aliphatic heterocycles. The molecule has 1 aliphatic rings. The van der Waals surface area contributed by atoms with Gasteiger partial charge in [0.15, 0.2) is 5.88 Å². The van der Waals surface area contributed by atoms with E-state index in [-0.39, 0.29) is 11.2 Å². The summed E-state index contributed by atoms with van der Waals surface area (Å²) in [5, 5.41) is 0.736. The van der Waals surface area contributed by atoms with Crippen molar-refractivity contribution in [3.8, 4) is 0 Å². The van der Waals surface area contributed by atoms with Crippen LogP contribution in [0.5, 0.6) is 0 Å².